The zero-order valence-corrected chi connectivity index (χ0v) is 27.6. The van der Waals surface area contributed by atoms with Crippen molar-refractivity contribution in [3.8, 4) is 0 Å². The second kappa shape index (κ2) is 13.4. The van der Waals surface area contributed by atoms with Crippen LogP contribution >= 0.6 is 0 Å². The standard InChI is InChI=1S/C35H47NO11/c1-17-15-18(2)35-21(8-13-24-27(35)28(38)19(3)30(31(24)47-35)46-32(39)25-7-6-14-36-25)16-26(42-5)33(40)45-29(17)20(4)43-34(41)44-23-11-9-22(37)10-12-23/h6-8,13-15,17,19-24,26-31,36-38H,9-12,16H2,1-5H3/b18-15+/t17-,19-,20-,21?,22?,23?,24-,26+,27+,28-,29+,30-,31-,35+/m1/s1. The number of rotatable bonds is 6. The van der Waals surface area contributed by atoms with Gasteiger partial charge in [0.15, 0.2) is 6.10 Å². The minimum Gasteiger partial charge on any atom is -0.456 e. The highest BCUT2D eigenvalue weighted by molar-refractivity contribution is 5.87. The number of methoxy groups -OCH3 is 1. The molecule has 5 aliphatic rings. The summed E-state index contributed by atoms with van der Waals surface area (Å²) in [5.74, 6) is -2.94. The van der Waals surface area contributed by atoms with E-state index in [0.29, 0.717) is 31.4 Å². The summed E-state index contributed by atoms with van der Waals surface area (Å²) in [5, 5.41) is 21.7. The molecule has 6 rings (SSSR count). The molecule has 3 heterocycles. The summed E-state index contributed by atoms with van der Waals surface area (Å²) in [6, 6.07) is 3.36. The van der Waals surface area contributed by atoms with Crippen molar-refractivity contribution in [3.05, 3.63) is 47.8 Å². The molecule has 1 aromatic rings. The number of aromatic nitrogens is 1. The number of esters is 2. The predicted molar refractivity (Wildman–Crippen MR) is 166 cm³/mol. The molecular formula is C35H47NO11. The third-order valence-electron chi connectivity index (χ3n) is 11.1. The molecular weight excluding hydrogens is 610 g/mol. The molecule has 12 nitrogen and oxygen atoms in total. The molecule has 3 N–H and O–H groups in total. The quantitative estimate of drug-likeness (QED) is 0.231. The van der Waals surface area contributed by atoms with Gasteiger partial charge in [0.05, 0.1) is 12.2 Å². The normalized spacial score (nSPS) is 43.0. The van der Waals surface area contributed by atoms with Crippen LogP contribution in [0.5, 0.6) is 0 Å². The Balaban J connectivity index is 1.29. The monoisotopic (exact) mass is 657 g/mol. The number of hydrogen-bond donors (Lipinski definition) is 3. The molecule has 0 aromatic carbocycles. The summed E-state index contributed by atoms with van der Waals surface area (Å²) in [7, 11) is 1.44. The van der Waals surface area contributed by atoms with Gasteiger partial charge in [-0.3, -0.25) is 0 Å². The first kappa shape index (κ1) is 33.7. The maximum Gasteiger partial charge on any atom is 0.508 e. The number of ether oxygens (including phenoxy) is 6. The predicted octanol–water partition coefficient (Wildman–Crippen LogP) is 3.86. The molecule has 258 valence electrons. The number of aromatic amines is 1. The van der Waals surface area contributed by atoms with Gasteiger partial charge in [-0.1, -0.05) is 32.1 Å². The minimum atomic E-state index is -1.02. The van der Waals surface area contributed by atoms with Gasteiger partial charge in [-0.25, -0.2) is 14.4 Å². The highest BCUT2D eigenvalue weighted by Crippen LogP contribution is 2.61. The topological polar surface area (TPSA) is 163 Å². The molecule has 0 radical (unpaired) electrons. The van der Waals surface area contributed by atoms with E-state index < -0.39 is 72.2 Å². The molecule has 47 heavy (non-hydrogen) atoms. The van der Waals surface area contributed by atoms with E-state index in [1.165, 1.54) is 7.11 Å². The number of aliphatic hydroxyl groups is 2. The van der Waals surface area contributed by atoms with E-state index in [9.17, 15) is 24.6 Å². The lowest BCUT2D eigenvalue weighted by atomic mass is 9.57. The Kier molecular flexibility index (Phi) is 9.59. The van der Waals surface area contributed by atoms with Crippen LogP contribution in [0.1, 0.15) is 70.3 Å². The van der Waals surface area contributed by atoms with Crippen molar-refractivity contribution >= 4 is 18.1 Å². The Morgan fingerprint density at radius 1 is 1.11 bits per heavy atom. The van der Waals surface area contributed by atoms with Crippen LogP contribution in [0.2, 0.25) is 0 Å². The summed E-state index contributed by atoms with van der Waals surface area (Å²) in [5.41, 5.74) is 0.135. The summed E-state index contributed by atoms with van der Waals surface area (Å²) < 4.78 is 35.9. The molecule has 12 atom stereocenters. The fourth-order valence-electron chi connectivity index (χ4n) is 8.68. The van der Waals surface area contributed by atoms with Crippen molar-refractivity contribution in [2.24, 2.45) is 29.6 Å². The maximum absolute atomic E-state index is 13.6. The summed E-state index contributed by atoms with van der Waals surface area (Å²) in [6.45, 7) is 7.36. The van der Waals surface area contributed by atoms with Gasteiger partial charge in [-0.05, 0) is 63.7 Å². The van der Waals surface area contributed by atoms with Crippen LogP contribution in [-0.2, 0) is 33.2 Å². The Labute approximate surface area is 274 Å². The lowest BCUT2D eigenvalue weighted by Gasteiger charge is -2.48. The molecule has 1 saturated heterocycles. The first-order chi connectivity index (χ1) is 22.4. The third kappa shape index (κ3) is 6.13. The summed E-state index contributed by atoms with van der Waals surface area (Å²) in [6.07, 6.45) is 3.68. The van der Waals surface area contributed by atoms with Gasteiger partial charge in [-0.15, -0.1) is 0 Å². The number of carbonyl (C=O) groups excluding carboxylic acids is 3. The van der Waals surface area contributed by atoms with E-state index >= 15 is 0 Å². The second-order valence-corrected chi connectivity index (χ2v) is 14.0. The van der Waals surface area contributed by atoms with Gasteiger partial charge in [-0.2, -0.15) is 0 Å². The van der Waals surface area contributed by atoms with E-state index in [1.807, 2.05) is 39.0 Å². The Bertz CT molecular complexity index is 1370. The average molecular weight is 658 g/mol. The van der Waals surface area contributed by atoms with Crippen LogP contribution in [0.4, 0.5) is 4.79 Å². The van der Waals surface area contributed by atoms with E-state index in [1.54, 1.807) is 25.3 Å². The van der Waals surface area contributed by atoms with Gasteiger partial charge in [0.25, 0.3) is 0 Å². The van der Waals surface area contributed by atoms with Crippen LogP contribution in [0.25, 0.3) is 0 Å². The summed E-state index contributed by atoms with van der Waals surface area (Å²) in [4.78, 5) is 42.3. The number of H-pyrrole nitrogens is 1. The highest BCUT2D eigenvalue weighted by atomic mass is 16.7. The molecule has 4 bridgehead atoms. The fourth-order valence-corrected chi connectivity index (χ4v) is 8.68. The minimum absolute atomic E-state index is 0.215. The van der Waals surface area contributed by atoms with Gasteiger partial charge in [0.2, 0.25) is 0 Å². The smallest absolute Gasteiger partial charge is 0.456 e. The molecule has 0 amide bonds. The average Bonchev–Trinajstić information content (AvgIpc) is 3.64. The molecule has 2 aliphatic heterocycles. The van der Waals surface area contributed by atoms with Crippen molar-refractivity contribution in [1.82, 2.24) is 4.98 Å². The van der Waals surface area contributed by atoms with Crippen LogP contribution in [0.15, 0.2) is 42.1 Å². The number of aliphatic hydroxyl groups excluding tert-OH is 2. The maximum atomic E-state index is 13.6. The van der Waals surface area contributed by atoms with Crippen LogP contribution in [0, 0.1) is 29.6 Å². The molecule has 2 saturated carbocycles. The lowest BCUT2D eigenvalue weighted by Crippen LogP contribution is -2.57. The van der Waals surface area contributed by atoms with E-state index in [-0.39, 0.29) is 36.4 Å². The fraction of sp³-hybridized carbons (Fsp3) is 0.686. The molecule has 3 fully saturated rings. The van der Waals surface area contributed by atoms with Crippen molar-refractivity contribution in [2.75, 3.05) is 7.11 Å². The zero-order valence-electron chi connectivity index (χ0n) is 27.6. The van der Waals surface area contributed by atoms with Crippen molar-refractivity contribution in [1.29, 1.82) is 0 Å². The van der Waals surface area contributed by atoms with Gasteiger partial charge < -0.3 is 43.6 Å². The Morgan fingerprint density at radius 3 is 2.53 bits per heavy atom. The molecule has 3 aliphatic carbocycles. The number of carbonyl (C=O) groups is 3. The van der Waals surface area contributed by atoms with Gasteiger partial charge >= 0.3 is 18.1 Å². The van der Waals surface area contributed by atoms with E-state index in [4.69, 9.17) is 28.4 Å². The lowest BCUT2D eigenvalue weighted by molar-refractivity contribution is -0.173. The number of hydrogen-bond acceptors (Lipinski definition) is 11. The van der Waals surface area contributed by atoms with Crippen molar-refractivity contribution in [3.63, 3.8) is 0 Å². The highest BCUT2D eigenvalue weighted by Gasteiger charge is 2.69. The van der Waals surface area contributed by atoms with Crippen LogP contribution in [0.3, 0.4) is 0 Å². The molecule has 12 heteroatoms. The summed E-state index contributed by atoms with van der Waals surface area (Å²) >= 11 is 0. The first-order valence-electron chi connectivity index (χ1n) is 16.8. The third-order valence-corrected chi connectivity index (χ3v) is 11.1. The zero-order chi connectivity index (χ0) is 33.6. The SMILES string of the molecule is CO[C@H]1CC2C=C[C@H]3[C@H]4O[C@]2(/C(C)=C/[C@@H](C)[C@@H]([C@@H](C)OC(=O)OC2CCC(O)CC2)OC1=O)[C@@H]3[C@H](O)[C@@H](C)[C@H]4OC(=O)c1ccc[nH]1. The van der Waals surface area contributed by atoms with Gasteiger partial charge in [0, 0.05) is 42.9 Å². The van der Waals surface area contributed by atoms with Crippen molar-refractivity contribution < 1.29 is 53.0 Å². The number of cyclic esters (lactones) is 1. The van der Waals surface area contributed by atoms with Crippen LogP contribution < -0.4 is 0 Å². The van der Waals surface area contributed by atoms with Crippen LogP contribution in [-0.4, -0.2) is 94.8 Å². The molecule has 1 spiro atoms. The van der Waals surface area contributed by atoms with Crippen molar-refractivity contribution in [2.45, 2.75) is 114 Å². The Hall–Kier alpha value is -3.19. The molecule has 1 unspecified atom stereocenters. The number of nitrogens with one attached hydrogen (secondary N) is 1. The Morgan fingerprint density at radius 2 is 1.85 bits per heavy atom. The first-order valence-corrected chi connectivity index (χ1v) is 16.8. The van der Waals surface area contributed by atoms with E-state index in [0.717, 1.165) is 5.57 Å². The van der Waals surface area contributed by atoms with Gasteiger partial charge in [0.1, 0.15) is 41.8 Å². The second-order valence-electron chi connectivity index (χ2n) is 14.0. The van der Waals surface area contributed by atoms with E-state index in [2.05, 4.69) is 4.98 Å². The largest absolute Gasteiger partial charge is 0.508 e. The molecule has 1 aromatic heterocycles.